The summed E-state index contributed by atoms with van der Waals surface area (Å²) >= 11 is 3.16. The lowest BCUT2D eigenvalue weighted by Gasteiger charge is -2.19. The molecular formula is C13H18BrFN2. The van der Waals surface area contributed by atoms with E-state index in [0.717, 1.165) is 18.7 Å². The zero-order valence-corrected chi connectivity index (χ0v) is 11.6. The molecule has 0 aromatic heterocycles. The quantitative estimate of drug-likeness (QED) is 0.920. The number of likely N-dealkylation sites (tertiary alicyclic amines) is 1. The molecule has 4 heteroatoms. The van der Waals surface area contributed by atoms with Gasteiger partial charge in [0.15, 0.2) is 0 Å². The van der Waals surface area contributed by atoms with Gasteiger partial charge in [-0.15, -0.1) is 0 Å². The van der Waals surface area contributed by atoms with Crippen LogP contribution in [0.5, 0.6) is 0 Å². The van der Waals surface area contributed by atoms with Crippen LogP contribution in [0.4, 0.5) is 4.39 Å². The molecule has 1 N–H and O–H groups in total. The monoisotopic (exact) mass is 300 g/mol. The number of hydrogen-bond donors (Lipinski definition) is 1. The molecule has 1 heterocycles. The van der Waals surface area contributed by atoms with Gasteiger partial charge in [0, 0.05) is 19.1 Å². The molecule has 1 fully saturated rings. The average Bonchev–Trinajstić information content (AvgIpc) is 2.70. The predicted molar refractivity (Wildman–Crippen MR) is 71.5 cm³/mol. The van der Waals surface area contributed by atoms with Crippen LogP contribution in [0.1, 0.15) is 18.4 Å². The van der Waals surface area contributed by atoms with E-state index >= 15 is 0 Å². The summed E-state index contributed by atoms with van der Waals surface area (Å²) in [6.45, 7) is 2.90. The van der Waals surface area contributed by atoms with Crippen LogP contribution in [0.2, 0.25) is 0 Å². The van der Waals surface area contributed by atoms with Crippen LogP contribution in [-0.2, 0) is 6.54 Å². The highest BCUT2D eigenvalue weighted by molar-refractivity contribution is 9.10. The van der Waals surface area contributed by atoms with Gasteiger partial charge in [-0.05, 0) is 60.1 Å². The van der Waals surface area contributed by atoms with Crippen molar-refractivity contribution in [3.8, 4) is 0 Å². The van der Waals surface area contributed by atoms with Crippen LogP contribution in [-0.4, -0.2) is 31.1 Å². The molecule has 0 bridgehead atoms. The third-order valence-electron chi connectivity index (χ3n) is 3.36. The summed E-state index contributed by atoms with van der Waals surface area (Å²) in [6.07, 6.45) is 2.55. The number of rotatable bonds is 4. The maximum atomic E-state index is 13.3. The van der Waals surface area contributed by atoms with Crippen molar-refractivity contribution >= 4 is 15.9 Å². The van der Waals surface area contributed by atoms with Crippen LogP contribution in [0.3, 0.4) is 0 Å². The van der Waals surface area contributed by atoms with E-state index in [0.29, 0.717) is 10.5 Å². The fourth-order valence-electron chi connectivity index (χ4n) is 2.27. The summed E-state index contributed by atoms with van der Waals surface area (Å²) in [5, 5.41) is 3.40. The first kappa shape index (κ1) is 13.0. The van der Waals surface area contributed by atoms with Gasteiger partial charge in [0.25, 0.3) is 0 Å². The molecule has 1 unspecified atom stereocenters. The van der Waals surface area contributed by atoms with Crippen molar-refractivity contribution in [1.29, 1.82) is 0 Å². The maximum Gasteiger partial charge on any atom is 0.137 e. The second-order valence-electron chi connectivity index (χ2n) is 4.66. The molecular weight excluding hydrogens is 283 g/mol. The molecule has 0 radical (unpaired) electrons. The first-order valence-electron chi connectivity index (χ1n) is 6.01. The van der Waals surface area contributed by atoms with E-state index in [1.54, 1.807) is 12.1 Å². The van der Waals surface area contributed by atoms with E-state index in [-0.39, 0.29) is 5.82 Å². The van der Waals surface area contributed by atoms with Gasteiger partial charge in [0.2, 0.25) is 0 Å². The minimum Gasteiger partial charge on any atom is -0.311 e. The van der Waals surface area contributed by atoms with E-state index in [2.05, 4.69) is 33.2 Å². The summed E-state index contributed by atoms with van der Waals surface area (Å²) in [5.74, 6) is -0.192. The van der Waals surface area contributed by atoms with Gasteiger partial charge in [-0.25, -0.2) is 4.39 Å². The van der Waals surface area contributed by atoms with Gasteiger partial charge in [-0.2, -0.15) is 0 Å². The van der Waals surface area contributed by atoms with Crippen LogP contribution < -0.4 is 5.32 Å². The van der Waals surface area contributed by atoms with Crippen molar-refractivity contribution in [3.63, 3.8) is 0 Å². The summed E-state index contributed by atoms with van der Waals surface area (Å²) in [5.41, 5.74) is 0.992. The zero-order valence-electron chi connectivity index (χ0n) is 10.0. The Labute approximate surface area is 110 Å². The summed E-state index contributed by atoms with van der Waals surface area (Å²) in [7, 11) is 2.17. The smallest absolute Gasteiger partial charge is 0.137 e. The Morgan fingerprint density at radius 2 is 2.35 bits per heavy atom. The molecule has 17 heavy (non-hydrogen) atoms. The first-order valence-corrected chi connectivity index (χ1v) is 6.81. The van der Waals surface area contributed by atoms with Gasteiger partial charge < -0.3 is 10.2 Å². The van der Waals surface area contributed by atoms with Crippen LogP contribution >= 0.6 is 15.9 Å². The summed E-state index contributed by atoms with van der Waals surface area (Å²) < 4.78 is 13.8. The zero-order chi connectivity index (χ0) is 12.3. The molecule has 94 valence electrons. The Hall–Kier alpha value is -0.450. The summed E-state index contributed by atoms with van der Waals surface area (Å²) in [4.78, 5) is 2.38. The minimum atomic E-state index is -0.192. The fraction of sp³-hybridized carbons (Fsp3) is 0.538. The number of nitrogens with zero attached hydrogens (tertiary/aromatic N) is 1. The maximum absolute atomic E-state index is 13.3. The number of likely N-dealkylation sites (N-methyl/N-ethyl adjacent to an activating group) is 1. The van der Waals surface area contributed by atoms with Crippen LogP contribution in [0.15, 0.2) is 22.7 Å². The van der Waals surface area contributed by atoms with Gasteiger partial charge in [-0.1, -0.05) is 6.07 Å². The van der Waals surface area contributed by atoms with Crippen molar-refractivity contribution in [3.05, 3.63) is 34.1 Å². The number of nitrogens with one attached hydrogen (secondary N) is 1. The topological polar surface area (TPSA) is 15.3 Å². The highest BCUT2D eigenvalue weighted by Gasteiger charge is 2.19. The normalized spacial score (nSPS) is 21.0. The van der Waals surface area contributed by atoms with E-state index in [9.17, 15) is 4.39 Å². The lowest BCUT2D eigenvalue weighted by molar-refractivity contribution is 0.300. The molecule has 0 aliphatic carbocycles. The lowest BCUT2D eigenvalue weighted by Crippen LogP contribution is -2.35. The van der Waals surface area contributed by atoms with Crippen LogP contribution in [0, 0.1) is 5.82 Å². The Bertz CT molecular complexity index is 384. The predicted octanol–water partition coefficient (Wildman–Crippen LogP) is 2.77. The van der Waals surface area contributed by atoms with Crippen molar-refractivity contribution in [2.24, 2.45) is 0 Å². The molecule has 1 aliphatic heterocycles. The van der Waals surface area contributed by atoms with Crippen molar-refractivity contribution in [1.82, 2.24) is 10.2 Å². The van der Waals surface area contributed by atoms with Gasteiger partial charge in [-0.3, -0.25) is 0 Å². The summed E-state index contributed by atoms with van der Waals surface area (Å²) in [6, 6.07) is 5.91. The lowest BCUT2D eigenvalue weighted by atomic mass is 10.2. The van der Waals surface area contributed by atoms with Gasteiger partial charge in [0.1, 0.15) is 5.82 Å². The second-order valence-corrected chi connectivity index (χ2v) is 5.51. The van der Waals surface area contributed by atoms with Crippen molar-refractivity contribution in [2.75, 3.05) is 20.1 Å². The SMILES string of the molecule is CN1CCCC1CNCc1ccc(Br)c(F)c1. The van der Waals surface area contributed by atoms with E-state index in [1.165, 1.54) is 19.4 Å². The molecule has 0 amide bonds. The van der Waals surface area contributed by atoms with Crippen molar-refractivity contribution in [2.45, 2.75) is 25.4 Å². The average molecular weight is 301 g/mol. The third-order valence-corrected chi connectivity index (χ3v) is 4.01. The molecule has 0 spiro atoms. The van der Waals surface area contributed by atoms with E-state index < -0.39 is 0 Å². The Morgan fingerprint density at radius 1 is 1.53 bits per heavy atom. The minimum absolute atomic E-state index is 0.192. The third kappa shape index (κ3) is 3.50. The Kier molecular flexibility index (Phi) is 4.54. The van der Waals surface area contributed by atoms with E-state index in [1.807, 2.05) is 6.07 Å². The molecule has 1 atom stereocenters. The molecule has 2 rings (SSSR count). The highest BCUT2D eigenvalue weighted by Crippen LogP contribution is 2.17. The Morgan fingerprint density at radius 3 is 3.00 bits per heavy atom. The van der Waals surface area contributed by atoms with Gasteiger partial charge in [0.05, 0.1) is 4.47 Å². The number of hydrogen-bond acceptors (Lipinski definition) is 2. The fourth-order valence-corrected chi connectivity index (χ4v) is 2.52. The highest BCUT2D eigenvalue weighted by atomic mass is 79.9. The first-order chi connectivity index (χ1) is 8.16. The largest absolute Gasteiger partial charge is 0.311 e. The van der Waals surface area contributed by atoms with E-state index in [4.69, 9.17) is 0 Å². The molecule has 1 aromatic rings. The number of halogens is 2. The molecule has 2 nitrogen and oxygen atoms in total. The van der Waals surface area contributed by atoms with Gasteiger partial charge >= 0.3 is 0 Å². The second kappa shape index (κ2) is 5.94. The number of benzene rings is 1. The molecule has 1 aromatic carbocycles. The Balaban J connectivity index is 1.79. The molecule has 1 aliphatic rings. The molecule has 0 saturated carbocycles. The molecule has 1 saturated heterocycles. The van der Waals surface area contributed by atoms with Crippen molar-refractivity contribution < 1.29 is 4.39 Å². The standard InChI is InChI=1S/C13H18BrFN2/c1-17-6-2-3-11(17)9-16-8-10-4-5-12(14)13(15)7-10/h4-5,7,11,16H,2-3,6,8-9H2,1H3. The van der Waals surface area contributed by atoms with Crippen LogP contribution in [0.25, 0.3) is 0 Å².